The highest BCUT2D eigenvalue weighted by Crippen LogP contribution is 2.33. The van der Waals surface area contributed by atoms with Crippen LogP contribution in [-0.4, -0.2) is 44.0 Å². The second-order valence-corrected chi connectivity index (χ2v) is 5.82. The zero-order chi connectivity index (χ0) is 12.1. The molecule has 2 aliphatic rings. The fraction of sp³-hybridized carbons (Fsp3) is 1.00. The smallest absolute Gasteiger partial charge is 0.158 e. The van der Waals surface area contributed by atoms with Crippen LogP contribution in [0.5, 0.6) is 0 Å². The molecule has 0 amide bonds. The van der Waals surface area contributed by atoms with Crippen molar-refractivity contribution in [2.24, 2.45) is 5.41 Å². The Bertz CT molecular complexity index is 218. The largest absolute Gasteiger partial charge is 0.353 e. The lowest BCUT2D eigenvalue weighted by Gasteiger charge is -2.39. The highest BCUT2D eigenvalue weighted by molar-refractivity contribution is 4.81. The van der Waals surface area contributed by atoms with Crippen molar-refractivity contribution in [3.8, 4) is 0 Å². The van der Waals surface area contributed by atoms with Gasteiger partial charge in [-0.3, -0.25) is 0 Å². The number of hydrogen-bond donors (Lipinski definition) is 0. The molecule has 0 spiro atoms. The molecule has 0 unspecified atom stereocenters. The maximum Gasteiger partial charge on any atom is 0.158 e. The monoisotopic (exact) mass is 241 g/mol. The predicted octanol–water partition coefficient (Wildman–Crippen LogP) is 2.65. The summed E-state index contributed by atoms with van der Waals surface area (Å²) in [7, 11) is 0. The minimum absolute atomic E-state index is 0.0586. The van der Waals surface area contributed by atoms with Crippen LogP contribution >= 0.6 is 0 Å². The van der Waals surface area contributed by atoms with Crippen molar-refractivity contribution >= 4 is 0 Å². The molecule has 2 fully saturated rings. The Morgan fingerprint density at radius 3 is 2.41 bits per heavy atom. The van der Waals surface area contributed by atoms with E-state index in [1.807, 2.05) is 0 Å². The van der Waals surface area contributed by atoms with Crippen molar-refractivity contribution < 1.29 is 9.47 Å². The molecule has 2 saturated heterocycles. The molecule has 0 saturated carbocycles. The summed E-state index contributed by atoms with van der Waals surface area (Å²) in [6.45, 7) is 10.1. The molecule has 0 N–H and O–H groups in total. The average molecular weight is 241 g/mol. The van der Waals surface area contributed by atoms with E-state index in [2.05, 4.69) is 18.7 Å². The number of nitrogens with zero attached hydrogens (tertiary/aromatic N) is 1. The minimum atomic E-state index is 0.0586. The van der Waals surface area contributed by atoms with Gasteiger partial charge in [-0.2, -0.15) is 0 Å². The fourth-order valence-electron chi connectivity index (χ4n) is 2.66. The number of hydrogen-bond acceptors (Lipinski definition) is 3. The number of ether oxygens (including phenoxy) is 2. The Kier molecular flexibility index (Phi) is 4.83. The number of rotatable bonds is 4. The van der Waals surface area contributed by atoms with E-state index in [-0.39, 0.29) is 6.29 Å². The first-order valence-electron chi connectivity index (χ1n) is 7.17. The SMILES string of the molecule is CCC1(C)CCN(CCC2OCCCO2)CC1. The summed E-state index contributed by atoms with van der Waals surface area (Å²) < 4.78 is 11.2. The van der Waals surface area contributed by atoms with E-state index in [0.29, 0.717) is 5.41 Å². The van der Waals surface area contributed by atoms with Gasteiger partial charge in [-0.25, -0.2) is 0 Å². The normalized spacial score (nSPS) is 27.2. The van der Waals surface area contributed by atoms with Gasteiger partial charge >= 0.3 is 0 Å². The Morgan fingerprint density at radius 1 is 1.18 bits per heavy atom. The lowest BCUT2D eigenvalue weighted by Crippen LogP contribution is -2.40. The summed E-state index contributed by atoms with van der Waals surface area (Å²) in [4.78, 5) is 2.57. The molecule has 3 nitrogen and oxygen atoms in total. The van der Waals surface area contributed by atoms with Crippen LogP contribution in [-0.2, 0) is 9.47 Å². The lowest BCUT2D eigenvalue weighted by molar-refractivity contribution is -0.183. The molecule has 100 valence electrons. The van der Waals surface area contributed by atoms with E-state index < -0.39 is 0 Å². The summed E-state index contributed by atoms with van der Waals surface area (Å²) >= 11 is 0. The van der Waals surface area contributed by atoms with Crippen LogP contribution in [0.3, 0.4) is 0 Å². The topological polar surface area (TPSA) is 21.7 Å². The summed E-state index contributed by atoms with van der Waals surface area (Å²) in [6, 6.07) is 0. The van der Waals surface area contributed by atoms with Gasteiger partial charge in [-0.15, -0.1) is 0 Å². The molecule has 2 heterocycles. The molecule has 0 aliphatic carbocycles. The third-order valence-electron chi connectivity index (χ3n) is 4.49. The summed E-state index contributed by atoms with van der Waals surface area (Å²) in [6.07, 6.45) is 6.14. The Labute approximate surface area is 105 Å². The van der Waals surface area contributed by atoms with Crippen molar-refractivity contribution in [1.82, 2.24) is 4.90 Å². The molecule has 17 heavy (non-hydrogen) atoms. The maximum absolute atomic E-state index is 5.58. The van der Waals surface area contributed by atoms with E-state index in [1.165, 1.54) is 32.4 Å². The lowest BCUT2D eigenvalue weighted by atomic mass is 9.78. The van der Waals surface area contributed by atoms with Gasteiger partial charge in [0.15, 0.2) is 6.29 Å². The Hall–Kier alpha value is -0.120. The van der Waals surface area contributed by atoms with Gasteiger partial charge in [0.05, 0.1) is 13.2 Å². The second-order valence-electron chi connectivity index (χ2n) is 5.82. The molecule has 2 aliphatic heterocycles. The van der Waals surface area contributed by atoms with Gasteiger partial charge in [0.25, 0.3) is 0 Å². The van der Waals surface area contributed by atoms with Crippen molar-refractivity contribution in [3.63, 3.8) is 0 Å². The van der Waals surface area contributed by atoms with Crippen LogP contribution in [0.1, 0.15) is 46.0 Å². The molecule has 0 radical (unpaired) electrons. The number of likely N-dealkylation sites (tertiary alicyclic amines) is 1. The molecule has 3 heteroatoms. The summed E-state index contributed by atoms with van der Waals surface area (Å²) in [5, 5.41) is 0. The molecule has 0 aromatic carbocycles. The van der Waals surface area contributed by atoms with Gasteiger partial charge in [0, 0.05) is 13.0 Å². The van der Waals surface area contributed by atoms with Gasteiger partial charge in [-0.05, 0) is 37.8 Å². The third-order valence-corrected chi connectivity index (χ3v) is 4.49. The molecule has 0 bridgehead atoms. The first kappa shape index (κ1) is 13.3. The van der Waals surface area contributed by atoms with Crippen LogP contribution in [0.25, 0.3) is 0 Å². The predicted molar refractivity (Wildman–Crippen MR) is 69.0 cm³/mol. The zero-order valence-corrected chi connectivity index (χ0v) is 11.4. The standard InChI is InChI=1S/C14H27NO2/c1-3-14(2)6-9-15(10-7-14)8-5-13-16-11-4-12-17-13/h13H,3-12H2,1-2H3. The van der Waals surface area contributed by atoms with E-state index in [0.717, 1.165) is 32.6 Å². The third kappa shape index (κ3) is 3.94. The highest BCUT2D eigenvalue weighted by atomic mass is 16.7. The minimum Gasteiger partial charge on any atom is -0.353 e. The van der Waals surface area contributed by atoms with Crippen LogP contribution in [0.2, 0.25) is 0 Å². The van der Waals surface area contributed by atoms with Crippen molar-refractivity contribution in [3.05, 3.63) is 0 Å². The zero-order valence-electron chi connectivity index (χ0n) is 11.4. The fourth-order valence-corrected chi connectivity index (χ4v) is 2.66. The van der Waals surface area contributed by atoms with E-state index in [1.54, 1.807) is 0 Å². The first-order valence-corrected chi connectivity index (χ1v) is 7.17. The van der Waals surface area contributed by atoms with Gasteiger partial charge in [0.2, 0.25) is 0 Å². The molecular formula is C14H27NO2. The van der Waals surface area contributed by atoms with Gasteiger partial charge < -0.3 is 14.4 Å². The summed E-state index contributed by atoms with van der Waals surface area (Å²) in [5.41, 5.74) is 0.592. The van der Waals surface area contributed by atoms with Gasteiger partial charge in [0.1, 0.15) is 0 Å². The van der Waals surface area contributed by atoms with E-state index in [4.69, 9.17) is 9.47 Å². The van der Waals surface area contributed by atoms with Crippen LogP contribution < -0.4 is 0 Å². The van der Waals surface area contributed by atoms with E-state index >= 15 is 0 Å². The highest BCUT2D eigenvalue weighted by Gasteiger charge is 2.28. The maximum atomic E-state index is 5.58. The second kappa shape index (κ2) is 6.17. The van der Waals surface area contributed by atoms with Crippen molar-refractivity contribution in [1.29, 1.82) is 0 Å². The Balaban J connectivity index is 1.64. The Morgan fingerprint density at radius 2 is 1.82 bits per heavy atom. The van der Waals surface area contributed by atoms with Crippen molar-refractivity contribution in [2.75, 3.05) is 32.8 Å². The molecule has 0 aromatic heterocycles. The van der Waals surface area contributed by atoms with Crippen LogP contribution in [0.4, 0.5) is 0 Å². The van der Waals surface area contributed by atoms with Gasteiger partial charge in [-0.1, -0.05) is 20.3 Å². The van der Waals surface area contributed by atoms with Crippen LogP contribution in [0, 0.1) is 5.41 Å². The molecule has 2 rings (SSSR count). The molecular weight excluding hydrogens is 214 g/mol. The average Bonchev–Trinajstić information content (AvgIpc) is 2.39. The first-order chi connectivity index (χ1) is 8.22. The van der Waals surface area contributed by atoms with Crippen molar-refractivity contribution in [2.45, 2.75) is 52.2 Å². The summed E-state index contributed by atoms with van der Waals surface area (Å²) in [5.74, 6) is 0. The molecule has 0 atom stereocenters. The quantitative estimate of drug-likeness (QED) is 0.755. The molecule has 0 aromatic rings. The van der Waals surface area contributed by atoms with E-state index in [9.17, 15) is 0 Å². The van der Waals surface area contributed by atoms with Crippen LogP contribution in [0.15, 0.2) is 0 Å². The number of piperidine rings is 1.